The normalized spacial score (nSPS) is 19.1. The van der Waals surface area contributed by atoms with Crippen LogP contribution in [0.15, 0.2) is 65.3 Å². The molecule has 1 heteroatoms. The molecule has 0 saturated heterocycles. The zero-order valence-corrected chi connectivity index (χ0v) is 21.7. The van der Waals surface area contributed by atoms with Gasteiger partial charge in [0.25, 0.3) is 0 Å². The summed E-state index contributed by atoms with van der Waals surface area (Å²) in [5.74, 6) is 0.382. The van der Waals surface area contributed by atoms with Crippen LogP contribution >= 0.6 is 0 Å². The average Bonchev–Trinajstić information content (AvgIpc) is 3.05. The van der Waals surface area contributed by atoms with E-state index in [1.165, 1.54) is 50.1 Å². The molecule has 29 heavy (non-hydrogen) atoms. The van der Waals surface area contributed by atoms with Crippen molar-refractivity contribution in [3.8, 4) is 0 Å². The topological polar surface area (TPSA) is 0 Å². The molecule has 2 aliphatic carbocycles. The summed E-state index contributed by atoms with van der Waals surface area (Å²) in [5, 5.41) is 0. The SMILES string of the molecule is CC1=C(C)C(C)(C)C(c2cccc3c2[C-]=C(c2ccccc2)C3C)=C1C.[CH3-].[CH3-].[Zr+3]. The summed E-state index contributed by atoms with van der Waals surface area (Å²) < 4.78 is 0. The third kappa shape index (κ3) is 3.84. The van der Waals surface area contributed by atoms with Crippen molar-refractivity contribution in [1.29, 1.82) is 0 Å². The van der Waals surface area contributed by atoms with E-state index < -0.39 is 0 Å². The molecule has 0 saturated carbocycles. The van der Waals surface area contributed by atoms with E-state index in [1.807, 2.05) is 0 Å². The minimum Gasteiger partial charge on any atom is -0.358 e. The summed E-state index contributed by atoms with van der Waals surface area (Å²) in [4.78, 5) is 0. The second kappa shape index (κ2) is 9.13. The van der Waals surface area contributed by atoms with Crippen molar-refractivity contribution < 1.29 is 26.2 Å². The minimum absolute atomic E-state index is 0. The number of benzene rings is 2. The summed E-state index contributed by atoms with van der Waals surface area (Å²) in [6.07, 6.45) is 3.80. The molecular weight excluding hydrogens is 428 g/mol. The fraction of sp³-hybridized carbons (Fsp3) is 0.286. The number of allylic oxidation sites excluding steroid dienone is 5. The van der Waals surface area contributed by atoms with E-state index >= 15 is 0 Å². The second-order valence-electron chi connectivity index (χ2n) is 8.27. The molecule has 1 atom stereocenters. The Balaban J connectivity index is 0.00000140. The van der Waals surface area contributed by atoms with Gasteiger partial charge >= 0.3 is 26.2 Å². The quantitative estimate of drug-likeness (QED) is 0.397. The molecule has 0 amide bonds. The van der Waals surface area contributed by atoms with Crippen LogP contribution in [0.1, 0.15) is 69.7 Å². The maximum atomic E-state index is 3.80. The summed E-state index contributed by atoms with van der Waals surface area (Å²) in [7, 11) is 0. The van der Waals surface area contributed by atoms with Gasteiger partial charge in [-0.25, -0.2) is 0 Å². The van der Waals surface area contributed by atoms with E-state index in [2.05, 4.69) is 96.1 Å². The Hall–Kier alpha value is -1.46. The first kappa shape index (κ1) is 25.6. The van der Waals surface area contributed by atoms with Crippen molar-refractivity contribution >= 4 is 11.1 Å². The molecule has 0 nitrogen and oxygen atoms in total. The number of hydrogen-bond donors (Lipinski definition) is 0. The molecule has 2 aromatic carbocycles. The van der Waals surface area contributed by atoms with Gasteiger partial charge in [0.2, 0.25) is 0 Å². The molecule has 2 aliphatic rings. The largest absolute Gasteiger partial charge is 3.00 e. The summed E-state index contributed by atoms with van der Waals surface area (Å²) >= 11 is 0. The Morgan fingerprint density at radius 2 is 1.45 bits per heavy atom. The van der Waals surface area contributed by atoms with Gasteiger partial charge in [-0.3, -0.25) is 0 Å². The van der Waals surface area contributed by atoms with Gasteiger partial charge in [0.15, 0.2) is 0 Å². The first-order chi connectivity index (χ1) is 12.3. The van der Waals surface area contributed by atoms with Gasteiger partial charge in [0.1, 0.15) is 0 Å². The number of hydrogen-bond acceptors (Lipinski definition) is 0. The van der Waals surface area contributed by atoms with Crippen LogP contribution in [0.4, 0.5) is 0 Å². The molecule has 0 aliphatic heterocycles. The molecule has 0 N–H and O–H groups in total. The van der Waals surface area contributed by atoms with Gasteiger partial charge in [-0.15, -0.1) is 28.8 Å². The summed E-state index contributed by atoms with van der Waals surface area (Å²) in [6, 6.07) is 17.5. The maximum Gasteiger partial charge on any atom is 3.00 e. The van der Waals surface area contributed by atoms with Crippen molar-refractivity contribution in [3.63, 3.8) is 0 Å². The van der Waals surface area contributed by atoms with Gasteiger partial charge < -0.3 is 14.9 Å². The molecule has 149 valence electrons. The van der Waals surface area contributed by atoms with Crippen molar-refractivity contribution in [2.75, 3.05) is 0 Å². The van der Waals surface area contributed by atoms with Crippen molar-refractivity contribution in [3.05, 3.63) is 108 Å². The molecule has 0 heterocycles. The van der Waals surface area contributed by atoms with Crippen LogP contribution in [-0.4, -0.2) is 0 Å². The molecule has 0 aromatic heterocycles. The number of fused-ring (bicyclic) bond motifs is 1. The Morgan fingerprint density at radius 3 is 2.00 bits per heavy atom. The Labute approximate surface area is 198 Å². The predicted octanol–water partition coefficient (Wildman–Crippen LogP) is 8.09. The molecule has 2 aromatic rings. The van der Waals surface area contributed by atoms with Gasteiger partial charge in [-0.1, -0.05) is 91.1 Å². The Bertz CT molecular complexity index is 984. The van der Waals surface area contributed by atoms with Crippen LogP contribution in [0, 0.1) is 26.3 Å². The monoisotopic (exact) mass is 459 g/mol. The second-order valence-corrected chi connectivity index (χ2v) is 8.27. The zero-order valence-electron chi connectivity index (χ0n) is 19.2. The van der Waals surface area contributed by atoms with Crippen LogP contribution < -0.4 is 0 Å². The van der Waals surface area contributed by atoms with Gasteiger partial charge in [0.05, 0.1) is 0 Å². The molecular formula is C28H33Zr. The first-order valence-corrected chi connectivity index (χ1v) is 9.56. The molecule has 4 rings (SSSR count). The molecule has 0 spiro atoms. The van der Waals surface area contributed by atoms with E-state index in [0.29, 0.717) is 5.92 Å². The van der Waals surface area contributed by atoms with Gasteiger partial charge in [0, 0.05) is 5.41 Å². The van der Waals surface area contributed by atoms with Crippen LogP contribution in [0.25, 0.3) is 11.1 Å². The van der Waals surface area contributed by atoms with Crippen LogP contribution in [0.3, 0.4) is 0 Å². The molecule has 0 fully saturated rings. The van der Waals surface area contributed by atoms with Crippen LogP contribution in [0.5, 0.6) is 0 Å². The minimum atomic E-state index is 0. The van der Waals surface area contributed by atoms with Gasteiger partial charge in [-0.2, -0.15) is 0 Å². The molecule has 1 unspecified atom stereocenters. The summed E-state index contributed by atoms with van der Waals surface area (Å²) in [6.45, 7) is 13.9. The van der Waals surface area contributed by atoms with E-state index in [9.17, 15) is 0 Å². The number of rotatable bonds is 2. The van der Waals surface area contributed by atoms with Crippen molar-refractivity contribution in [2.45, 2.75) is 47.5 Å². The molecule has 1 radical (unpaired) electrons. The third-order valence-electron chi connectivity index (χ3n) is 6.67. The van der Waals surface area contributed by atoms with Crippen LogP contribution in [0.2, 0.25) is 0 Å². The third-order valence-corrected chi connectivity index (χ3v) is 6.67. The van der Waals surface area contributed by atoms with Crippen molar-refractivity contribution in [1.82, 2.24) is 0 Å². The van der Waals surface area contributed by atoms with E-state index in [4.69, 9.17) is 0 Å². The first-order valence-electron chi connectivity index (χ1n) is 9.56. The van der Waals surface area contributed by atoms with Gasteiger partial charge in [-0.05, 0) is 32.3 Å². The van der Waals surface area contributed by atoms with E-state index in [0.717, 1.165) is 0 Å². The Kier molecular flexibility index (Phi) is 8.06. The fourth-order valence-electron chi connectivity index (χ4n) is 4.75. The standard InChI is InChI=1S/C26H27.2CH3.Zr/c1-16-17(2)25(26(5,6)19(16)4)22-14-10-13-21-18(3)23(15-24(21)22)20-11-8-7-9-12-20;;;/h7-14,18H,1-6H3;2*1H3;/q3*-1;+3. The maximum absolute atomic E-state index is 3.80. The predicted molar refractivity (Wildman–Crippen MR) is 125 cm³/mol. The Morgan fingerprint density at radius 1 is 0.828 bits per heavy atom. The van der Waals surface area contributed by atoms with E-state index in [-0.39, 0.29) is 46.5 Å². The fourth-order valence-corrected chi connectivity index (χ4v) is 4.75. The van der Waals surface area contributed by atoms with Crippen molar-refractivity contribution in [2.24, 2.45) is 5.41 Å². The van der Waals surface area contributed by atoms with Crippen LogP contribution in [-0.2, 0) is 26.2 Å². The summed E-state index contributed by atoms with van der Waals surface area (Å²) in [5.41, 5.74) is 12.6. The van der Waals surface area contributed by atoms with E-state index in [1.54, 1.807) is 0 Å². The average molecular weight is 461 g/mol. The zero-order chi connectivity index (χ0) is 18.6. The molecule has 0 bridgehead atoms. The smallest absolute Gasteiger partial charge is 0.358 e.